The van der Waals surface area contributed by atoms with Crippen LogP contribution in [0.5, 0.6) is 0 Å². The Kier molecular flexibility index (Phi) is 3.97. The first-order chi connectivity index (χ1) is 8.22. The van der Waals surface area contributed by atoms with Crippen molar-refractivity contribution in [1.29, 1.82) is 0 Å². The number of hydrogen-bond donors (Lipinski definition) is 1. The van der Waals surface area contributed by atoms with E-state index in [0.717, 1.165) is 11.3 Å². The maximum absolute atomic E-state index is 13.5. The number of fused-ring (bicyclic) bond motifs is 1. The molecule has 2 nitrogen and oxygen atoms in total. The van der Waals surface area contributed by atoms with E-state index >= 15 is 0 Å². The van der Waals surface area contributed by atoms with Crippen molar-refractivity contribution in [2.75, 3.05) is 6.61 Å². The molecule has 0 radical (unpaired) electrons. The number of rotatable bonds is 4. The zero-order valence-corrected chi connectivity index (χ0v) is 10.4. The normalized spacial score (nSPS) is 12.9. The maximum atomic E-state index is 13.5. The fraction of sp³-hybridized carbons (Fsp3) is 0.308. The molecule has 0 bridgehead atoms. The molecular formula is C13H14FNOS. The summed E-state index contributed by atoms with van der Waals surface area (Å²) in [6.07, 6.45) is 1.67. The van der Waals surface area contributed by atoms with Gasteiger partial charge in [0.2, 0.25) is 0 Å². The molecule has 0 amide bonds. The van der Waals surface area contributed by atoms with Gasteiger partial charge in [-0.2, -0.15) is 11.8 Å². The van der Waals surface area contributed by atoms with Gasteiger partial charge in [-0.25, -0.2) is 4.39 Å². The van der Waals surface area contributed by atoms with Crippen LogP contribution in [0.15, 0.2) is 30.5 Å². The average molecular weight is 251 g/mol. The Morgan fingerprint density at radius 2 is 2.24 bits per heavy atom. The topological polar surface area (TPSA) is 33.1 Å². The molecule has 2 rings (SSSR count). The third kappa shape index (κ3) is 2.76. The van der Waals surface area contributed by atoms with Gasteiger partial charge in [-0.1, -0.05) is 13.0 Å². The van der Waals surface area contributed by atoms with Crippen LogP contribution in [-0.4, -0.2) is 21.9 Å². The number of aliphatic hydroxyl groups is 1. The largest absolute Gasteiger partial charge is 0.395 e. The van der Waals surface area contributed by atoms with Crippen molar-refractivity contribution in [3.63, 3.8) is 0 Å². The lowest BCUT2D eigenvalue weighted by molar-refractivity contribution is 0.300. The van der Waals surface area contributed by atoms with Crippen molar-refractivity contribution >= 4 is 22.7 Å². The van der Waals surface area contributed by atoms with Crippen molar-refractivity contribution in [2.45, 2.75) is 17.9 Å². The second-order valence-corrected chi connectivity index (χ2v) is 5.34. The number of aliphatic hydroxyl groups excluding tert-OH is 1. The fourth-order valence-electron chi connectivity index (χ4n) is 1.60. The summed E-state index contributed by atoms with van der Waals surface area (Å²) in [4.78, 5) is 4.23. The predicted octanol–water partition coefficient (Wildman–Crippen LogP) is 2.99. The van der Waals surface area contributed by atoms with Gasteiger partial charge in [-0.15, -0.1) is 0 Å². The van der Waals surface area contributed by atoms with E-state index in [-0.39, 0.29) is 17.7 Å². The first-order valence-electron chi connectivity index (χ1n) is 5.47. The molecule has 0 saturated heterocycles. The first kappa shape index (κ1) is 12.3. The van der Waals surface area contributed by atoms with Crippen LogP contribution in [0.2, 0.25) is 0 Å². The molecule has 0 fully saturated rings. The third-order valence-electron chi connectivity index (χ3n) is 2.58. The molecule has 0 aliphatic carbocycles. The fourth-order valence-corrected chi connectivity index (χ4v) is 2.40. The van der Waals surface area contributed by atoms with Crippen LogP contribution in [-0.2, 0) is 5.75 Å². The summed E-state index contributed by atoms with van der Waals surface area (Å²) in [5.41, 5.74) is 1.72. The molecule has 0 saturated carbocycles. The lowest BCUT2D eigenvalue weighted by Crippen LogP contribution is -2.02. The minimum absolute atomic E-state index is 0.150. The summed E-state index contributed by atoms with van der Waals surface area (Å²) in [6.45, 7) is 2.11. The molecule has 2 aromatic rings. The highest BCUT2D eigenvalue weighted by atomic mass is 32.2. The van der Waals surface area contributed by atoms with Gasteiger partial charge in [0.15, 0.2) is 0 Å². The lowest BCUT2D eigenvalue weighted by atomic mass is 10.1. The molecule has 1 heterocycles. The van der Waals surface area contributed by atoms with Crippen LogP contribution in [0.1, 0.15) is 12.5 Å². The van der Waals surface area contributed by atoms with Gasteiger partial charge in [-0.3, -0.25) is 4.98 Å². The molecule has 0 spiro atoms. The van der Waals surface area contributed by atoms with Crippen LogP contribution in [0.3, 0.4) is 0 Å². The Bertz CT molecular complexity index is 518. The molecule has 1 aromatic carbocycles. The van der Waals surface area contributed by atoms with Gasteiger partial charge in [0.25, 0.3) is 0 Å². The highest BCUT2D eigenvalue weighted by Crippen LogP contribution is 2.24. The van der Waals surface area contributed by atoms with Gasteiger partial charge in [0.1, 0.15) is 5.82 Å². The average Bonchev–Trinajstić information content (AvgIpc) is 2.38. The van der Waals surface area contributed by atoms with Crippen molar-refractivity contribution in [1.82, 2.24) is 4.98 Å². The molecule has 1 unspecified atom stereocenters. The van der Waals surface area contributed by atoms with Crippen LogP contribution in [0.4, 0.5) is 4.39 Å². The van der Waals surface area contributed by atoms with E-state index in [2.05, 4.69) is 4.98 Å². The summed E-state index contributed by atoms with van der Waals surface area (Å²) in [5.74, 6) is 0.493. The Hall–Kier alpha value is -1.13. The minimum atomic E-state index is -0.239. The molecule has 4 heteroatoms. The number of pyridine rings is 1. The number of thioether (sulfide) groups is 1. The highest BCUT2D eigenvalue weighted by molar-refractivity contribution is 7.99. The maximum Gasteiger partial charge on any atom is 0.132 e. The monoisotopic (exact) mass is 251 g/mol. The standard InChI is InChI=1S/C13H14FNOS/c1-9(7-16)17-8-10-4-5-12(14)11-3-2-6-15-13(10)11/h2-6,9,16H,7-8H2,1H3. The summed E-state index contributed by atoms with van der Waals surface area (Å²) in [5, 5.41) is 9.71. The van der Waals surface area contributed by atoms with Crippen LogP contribution < -0.4 is 0 Å². The van der Waals surface area contributed by atoms with Crippen molar-refractivity contribution < 1.29 is 9.50 Å². The molecule has 1 atom stereocenters. The predicted molar refractivity (Wildman–Crippen MR) is 69.5 cm³/mol. The van der Waals surface area contributed by atoms with Crippen molar-refractivity contribution in [3.05, 3.63) is 41.8 Å². The van der Waals surface area contributed by atoms with Gasteiger partial charge in [0.05, 0.1) is 12.1 Å². The second kappa shape index (κ2) is 5.47. The van der Waals surface area contributed by atoms with E-state index in [1.54, 1.807) is 36.2 Å². The second-order valence-electron chi connectivity index (χ2n) is 3.91. The smallest absolute Gasteiger partial charge is 0.132 e. The van der Waals surface area contributed by atoms with Gasteiger partial charge < -0.3 is 5.11 Å². The zero-order valence-electron chi connectivity index (χ0n) is 9.56. The minimum Gasteiger partial charge on any atom is -0.395 e. The molecule has 17 heavy (non-hydrogen) atoms. The quantitative estimate of drug-likeness (QED) is 0.906. The first-order valence-corrected chi connectivity index (χ1v) is 6.52. The number of nitrogens with zero attached hydrogens (tertiary/aromatic N) is 1. The van der Waals surface area contributed by atoms with E-state index in [0.29, 0.717) is 10.9 Å². The van der Waals surface area contributed by atoms with Gasteiger partial charge in [-0.05, 0) is 23.8 Å². The van der Waals surface area contributed by atoms with E-state index in [4.69, 9.17) is 5.11 Å². The number of halogens is 1. The Labute approximate surface area is 104 Å². The Balaban J connectivity index is 2.32. The summed E-state index contributed by atoms with van der Waals surface area (Å²) in [7, 11) is 0. The molecule has 1 N–H and O–H groups in total. The summed E-state index contributed by atoms with van der Waals surface area (Å²) < 4.78 is 13.5. The van der Waals surface area contributed by atoms with Gasteiger partial charge in [0, 0.05) is 22.6 Å². The summed E-state index contributed by atoms with van der Waals surface area (Å²) in [6, 6.07) is 6.71. The summed E-state index contributed by atoms with van der Waals surface area (Å²) >= 11 is 1.64. The molecular weight excluding hydrogens is 237 g/mol. The van der Waals surface area contributed by atoms with E-state index in [1.807, 2.05) is 6.92 Å². The number of benzene rings is 1. The number of hydrogen-bond acceptors (Lipinski definition) is 3. The molecule has 1 aromatic heterocycles. The zero-order chi connectivity index (χ0) is 12.3. The molecule has 0 aliphatic heterocycles. The molecule has 90 valence electrons. The Morgan fingerprint density at radius 3 is 3.00 bits per heavy atom. The van der Waals surface area contributed by atoms with E-state index in [9.17, 15) is 4.39 Å². The van der Waals surface area contributed by atoms with Crippen molar-refractivity contribution in [3.8, 4) is 0 Å². The van der Waals surface area contributed by atoms with Crippen LogP contribution >= 0.6 is 11.8 Å². The third-order valence-corrected chi connectivity index (χ3v) is 3.78. The molecule has 0 aliphatic rings. The van der Waals surface area contributed by atoms with Crippen molar-refractivity contribution in [2.24, 2.45) is 0 Å². The van der Waals surface area contributed by atoms with E-state index in [1.165, 1.54) is 6.07 Å². The Morgan fingerprint density at radius 1 is 1.41 bits per heavy atom. The lowest BCUT2D eigenvalue weighted by Gasteiger charge is -2.09. The van der Waals surface area contributed by atoms with Gasteiger partial charge >= 0.3 is 0 Å². The van der Waals surface area contributed by atoms with E-state index < -0.39 is 0 Å². The highest BCUT2D eigenvalue weighted by Gasteiger charge is 2.08. The van der Waals surface area contributed by atoms with Crippen LogP contribution in [0.25, 0.3) is 10.9 Å². The SMILES string of the molecule is CC(CO)SCc1ccc(F)c2cccnc12. The van der Waals surface area contributed by atoms with Crippen LogP contribution in [0, 0.1) is 5.82 Å². The number of aromatic nitrogens is 1.